The van der Waals surface area contributed by atoms with Crippen LogP contribution in [0.15, 0.2) is 0 Å². The van der Waals surface area contributed by atoms with Crippen molar-refractivity contribution < 1.29 is 13.9 Å². The fourth-order valence-electron chi connectivity index (χ4n) is 1.37. The van der Waals surface area contributed by atoms with Gasteiger partial charge in [0.05, 0.1) is 6.10 Å². The summed E-state index contributed by atoms with van der Waals surface area (Å²) in [6, 6.07) is 0. The zero-order valence-electron chi connectivity index (χ0n) is 12.4. The van der Waals surface area contributed by atoms with Crippen molar-refractivity contribution in [3.8, 4) is 0 Å². The van der Waals surface area contributed by atoms with Gasteiger partial charge in [0.25, 0.3) is 0 Å². The molecule has 0 aliphatic carbocycles. The molecule has 0 rings (SSSR count). The van der Waals surface area contributed by atoms with Crippen LogP contribution in [0.1, 0.15) is 27.2 Å². The molecule has 0 spiro atoms. The van der Waals surface area contributed by atoms with Gasteiger partial charge in [0.1, 0.15) is 0 Å². The zero-order valence-corrected chi connectivity index (χ0v) is 13.4. The van der Waals surface area contributed by atoms with Crippen molar-refractivity contribution in [2.75, 3.05) is 20.8 Å². The third kappa shape index (κ3) is 5.05. The molecule has 0 aromatic carbocycles. The SMILES string of the molecule is COC(OC)C(CCN)O[Si](C)(C)C(C)(C)C. The second kappa shape index (κ2) is 6.85. The number of nitrogens with two attached hydrogens (primary N) is 1. The quantitative estimate of drug-likeness (QED) is 0.566. The van der Waals surface area contributed by atoms with Crippen LogP contribution in [0.5, 0.6) is 0 Å². The molecule has 0 aromatic rings. The van der Waals surface area contributed by atoms with Crippen LogP contribution in [0.3, 0.4) is 0 Å². The number of ether oxygens (including phenoxy) is 2. The normalized spacial score (nSPS) is 15.4. The van der Waals surface area contributed by atoms with Gasteiger partial charge in [0.2, 0.25) is 0 Å². The number of methoxy groups -OCH3 is 2. The predicted molar refractivity (Wildman–Crippen MR) is 73.5 cm³/mol. The fourth-order valence-corrected chi connectivity index (χ4v) is 2.71. The third-order valence-electron chi connectivity index (χ3n) is 3.47. The first kappa shape index (κ1) is 17.1. The lowest BCUT2D eigenvalue weighted by Gasteiger charge is -2.40. The Morgan fingerprint density at radius 2 is 1.59 bits per heavy atom. The largest absolute Gasteiger partial charge is 0.409 e. The Morgan fingerprint density at radius 3 is 1.88 bits per heavy atom. The maximum absolute atomic E-state index is 6.30. The van der Waals surface area contributed by atoms with Crippen molar-refractivity contribution in [2.24, 2.45) is 5.73 Å². The van der Waals surface area contributed by atoms with Crippen LogP contribution in [0.25, 0.3) is 0 Å². The highest BCUT2D eigenvalue weighted by molar-refractivity contribution is 6.74. The van der Waals surface area contributed by atoms with Crippen LogP contribution in [-0.2, 0) is 13.9 Å². The second-order valence-electron chi connectivity index (χ2n) is 5.83. The number of hydrogen-bond donors (Lipinski definition) is 1. The van der Waals surface area contributed by atoms with Crippen LogP contribution in [0.4, 0.5) is 0 Å². The molecule has 0 heterocycles. The minimum absolute atomic E-state index is 0.0871. The van der Waals surface area contributed by atoms with E-state index >= 15 is 0 Å². The van der Waals surface area contributed by atoms with Crippen LogP contribution >= 0.6 is 0 Å². The summed E-state index contributed by atoms with van der Waals surface area (Å²) in [6.07, 6.45) is 0.322. The van der Waals surface area contributed by atoms with Gasteiger partial charge in [-0.2, -0.15) is 0 Å². The van der Waals surface area contributed by atoms with Crippen LogP contribution < -0.4 is 5.73 Å². The fraction of sp³-hybridized carbons (Fsp3) is 1.00. The predicted octanol–water partition coefficient (Wildman–Crippen LogP) is 2.34. The molecule has 0 aromatic heterocycles. The van der Waals surface area contributed by atoms with E-state index in [9.17, 15) is 0 Å². The Balaban J connectivity index is 4.75. The van der Waals surface area contributed by atoms with Gasteiger partial charge < -0.3 is 19.6 Å². The third-order valence-corrected chi connectivity index (χ3v) is 7.98. The van der Waals surface area contributed by atoms with Crippen molar-refractivity contribution in [2.45, 2.75) is 57.7 Å². The van der Waals surface area contributed by atoms with Gasteiger partial charge in [0, 0.05) is 14.2 Å². The second-order valence-corrected chi connectivity index (χ2v) is 10.6. The lowest BCUT2D eigenvalue weighted by molar-refractivity contribution is -0.160. The average molecular weight is 263 g/mol. The smallest absolute Gasteiger partial charge is 0.192 e. The summed E-state index contributed by atoms with van der Waals surface area (Å²) >= 11 is 0. The molecule has 0 saturated carbocycles. The monoisotopic (exact) mass is 263 g/mol. The first-order chi connectivity index (χ1) is 7.69. The van der Waals surface area contributed by atoms with Gasteiger partial charge in [-0.25, -0.2) is 0 Å². The van der Waals surface area contributed by atoms with E-state index in [1.807, 2.05) is 0 Å². The van der Waals surface area contributed by atoms with E-state index in [1.165, 1.54) is 0 Å². The maximum Gasteiger partial charge on any atom is 0.192 e. The molecule has 1 atom stereocenters. The molecule has 0 saturated heterocycles. The van der Waals surface area contributed by atoms with E-state index in [2.05, 4.69) is 33.9 Å². The summed E-state index contributed by atoms with van der Waals surface area (Å²) in [5.41, 5.74) is 5.63. The van der Waals surface area contributed by atoms with E-state index in [0.29, 0.717) is 6.54 Å². The molecule has 4 nitrogen and oxygen atoms in total. The molecule has 0 fully saturated rings. The molecule has 0 amide bonds. The minimum atomic E-state index is -1.82. The Kier molecular flexibility index (Phi) is 6.87. The Labute approximate surface area is 107 Å². The molecule has 0 bridgehead atoms. The molecule has 5 heteroatoms. The standard InChI is InChI=1S/C12H29NO3Si/c1-12(2,3)17(6,7)16-10(8-9-13)11(14-4)15-5/h10-11H,8-9,13H2,1-7H3. The Morgan fingerprint density at radius 1 is 1.12 bits per heavy atom. The van der Waals surface area contributed by atoms with Crippen molar-refractivity contribution in [1.82, 2.24) is 0 Å². The lowest BCUT2D eigenvalue weighted by Crippen LogP contribution is -2.48. The first-order valence-corrected chi connectivity index (χ1v) is 9.04. The summed E-state index contributed by atoms with van der Waals surface area (Å²) in [6.45, 7) is 11.7. The van der Waals surface area contributed by atoms with Crippen molar-refractivity contribution in [3.63, 3.8) is 0 Å². The van der Waals surface area contributed by atoms with Gasteiger partial charge in [0.15, 0.2) is 14.6 Å². The summed E-state index contributed by atoms with van der Waals surface area (Å²) in [4.78, 5) is 0. The van der Waals surface area contributed by atoms with Crippen molar-refractivity contribution >= 4 is 8.32 Å². The molecule has 2 N–H and O–H groups in total. The highest BCUT2D eigenvalue weighted by atomic mass is 28.4. The summed E-state index contributed by atoms with van der Waals surface area (Å²) < 4.78 is 16.9. The van der Waals surface area contributed by atoms with E-state index in [4.69, 9.17) is 19.6 Å². The molecule has 104 valence electrons. The van der Waals surface area contributed by atoms with E-state index in [-0.39, 0.29) is 17.4 Å². The van der Waals surface area contributed by atoms with E-state index < -0.39 is 8.32 Å². The maximum atomic E-state index is 6.30. The minimum Gasteiger partial charge on any atom is -0.409 e. The molecule has 1 unspecified atom stereocenters. The van der Waals surface area contributed by atoms with Gasteiger partial charge in [-0.15, -0.1) is 0 Å². The topological polar surface area (TPSA) is 53.7 Å². The van der Waals surface area contributed by atoms with E-state index in [1.54, 1.807) is 14.2 Å². The molecule has 0 radical (unpaired) electrons. The first-order valence-electron chi connectivity index (χ1n) is 6.13. The van der Waals surface area contributed by atoms with Crippen LogP contribution in [0.2, 0.25) is 18.1 Å². The highest BCUT2D eigenvalue weighted by Crippen LogP contribution is 2.38. The van der Waals surface area contributed by atoms with Crippen molar-refractivity contribution in [1.29, 1.82) is 0 Å². The summed E-state index contributed by atoms with van der Waals surface area (Å²) in [5.74, 6) is 0. The van der Waals surface area contributed by atoms with Gasteiger partial charge in [-0.1, -0.05) is 20.8 Å². The van der Waals surface area contributed by atoms with Gasteiger partial charge in [-0.05, 0) is 31.1 Å². The Bertz CT molecular complexity index is 212. The lowest BCUT2D eigenvalue weighted by atomic mass is 10.2. The molecular formula is C12H29NO3Si. The number of rotatable bonds is 7. The zero-order chi connectivity index (χ0) is 13.7. The molecule has 0 aliphatic heterocycles. The Hall–Kier alpha value is 0.0569. The van der Waals surface area contributed by atoms with Crippen LogP contribution in [-0.4, -0.2) is 41.5 Å². The highest BCUT2D eigenvalue weighted by Gasteiger charge is 2.40. The summed E-state index contributed by atoms with van der Waals surface area (Å²) in [7, 11) is 1.45. The molecule has 17 heavy (non-hydrogen) atoms. The van der Waals surface area contributed by atoms with Crippen LogP contribution in [0, 0.1) is 0 Å². The molecule has 0 aliphatic rings. The molecular weight excluding hydrogens is 234 g/mol. The average Bonchev–Trinajstić information content (AvgIpc) is 2.17. The number of hydrogen-bond acceptors (Lipinski definition) is 4. The van der Waals surface area contributed by atoms with Gasteiger partial charge in [-0.3, -0.25) is 0 Å². The van der Waals surface area contributed by atoms with Crippen molar-refractivity contribution in [3.05, 3.63) is 0 Å². The van der Waals surface area contributed by atoms with E-state index in [0.717, 1.165) is 6.42 Å². The van der Waals surface area contributed by atoms with Gasteiger partial charge >= 0.3 is 0 Å². The summed E-state index contributed by atoms with van der Waals surface area (Å²) in [5, 5.41) is 0.173.